The third-order valence-corrected chi connectivity index (χ3v) is 5.59. The number of aromatic hydroxyl groups is 1. The number of phenols is 1. The molecule has 0 radical (unpaired) electrons. The van der Waals surface area contributed by atoms with Gasteiger partial charge in [-0.3, -0.25) is 9.78 Å². The summed E-state index contributed by atoms with van der Waals surface area (Å²) in [5.41, 5.74) is 0.888. The Kier molecular flexibility index (Phi) is 5.50. The molecular weight excluding hydrogens is 404 g/mol. The highest BCUT2D eigenvalue weighted by molar-refractivity contribution is 5.84. The van der Waals surface area contributed by atoms with Crippen LogP contribution in [0.2, 0.25) is 0 Å². The smallest absolute Gasteiger partial charge is 0.222 e. The largest absolute Gasteiger partial charge is 0.505 e. The number of pyridine rings is 1. The summed E-state index contributed by atoms with van der Waals surface area (Å²) in [6.07, 6.45) is 4.52. The zero-order chi connectivity index (χ0) is 22.0. The van der Waals surface area contributed by atoms with Crippen molar-refractivity contribution in [1.82, 2.24) is 15.0 Å². The van der Waals surface area contributed by atoms with E-state index in [0.717, 1.165) is 0 Å². The third kappa shape index (κ3) is 3.90. The summed E-state index contributed by atoms with van der Waals surface area (Å²) in [5, 5.41) is 13.5. The van der Waals surface area contributed by atoms with Gasteiger partial charge in [0.25, 0.3) is 0 Å². The lowest BCUT2D eigenvalue weighted by molar-refractivity contribution is -0.107. The zero-order valence-electron chi connectivity index (χ0n) is 16.8. The highest BCUT2D eigenvalue weighted by atomic mass is 19.1. The Morgan fingerprint density at radius 1 is 1.23 bits per heavy atom. The number of carbonyl (C=O) groups excluding carboxylic acids is 1. The molecule has 0 saturated heterocycles. The van der Waals surface area contributed by atoms with Gasteiger partial charge in [0.1, 0.15) is 17.7 Å². The minimum atomic E-state index is -0.994. The second-order valence-electron chi connectivity index (χ2n) is 7.66. The van der Waals surface area contributed by atoms with E-state index in [2.05, 4.69) is 20.3 Å². The molecule has 0 bridgehead atoms. The van der Waals surface area contributed by atoms with Crippen LogP contribution in [0.5, 0.6) is 5.75 Å². The summed E-state index contributed by atoms with van der Waals surface area (Å²) in [6, 6.07) is 7.86. The van der Waals surface area contributed by atoms with Crippen molar-refractivity contribution in [2.75, 3.05) is 23.8 Å². The first kappa shape index (κ1) is 20.6. The maximum Gasteiger partial charge on any atom is 0.222 e. The molecule has 1 saturated carbocycles. The standard InChI is InChI=1S/C22H21F2N5O2/c1-29(13-30)18-6-2-4-16(19(18)31)14-10-26-21(27-11-14)28-12-22(8-15(23)9-22)20-17(24)5-3-7-25-20/h2-7,10-11,13,15,31H,8-9,12H2,1H3,(H,26,27,28). The fourth-order valence-corrected chi connectivity index (χ4v) is 3.90. The van der Waals surface area contributed by atoms with Gasteiger partial charge in [-0.05, 0) is 31.0 Å². The molecule has 1 aromatic carbocycles. The van der Waals surface area contributed by atoms with Crippen molar-refractivity contribution >= 4 is 18.0 Å². The molecule has 2 aromatic heterocycles. The van der Waals surface area contributed by atoms with Crippen molar-refractivity contribution in [2.45, 2.75) is 24.4 Å². The van der Waals surface area contributed by atoms with Crippen molar-refractivity contribution < 1.29 is 18.7 Å². The molecule has 3 aromatic rings. The summed E-state index contributed by atoms with van der Waals surface area (Å²) in [5.74, 6) is -0.222. The van der Waals surface area contributed by atoms with Gasteiger partial charge in [0.2, 0.25) is 12.4 Å². The lowest BCUT2D eigenvalue weighted by Crippen LogP contribution is -2.49. The highest BCUT2D eigenvalue weighted by Crippen LogP contribution is 2.45. The van der Waals surface area contributed by atoms with Crippen LogP contribution in [0.15, 0.2) is 48.9 Å². The number of rotatable bonds is 7. The van der Waals surface area contributed by atoms with Crippen LogP contribution in [0.1, 0.15) is 18.5 Å². The second-order valence-corrected chi connectivity index (χ2v) is 7.66. The van der Waals surface area contributed by atoms with Crippen LogP contribution in [0.4, 0.5) is 20.4 Å². The summed E-state index contributed by atoms with van der Waals surface area (Å²) in [7, 11) is 1.54. The average Bonchev–Trinajstić information content (AvgIpc) is 2.76. The van der Waals surface area contributed by atoms with E-state index in [-0.39, 0.29) is 30.8 Å². The maximum absolute atomic E-state index is 14.3. The van der Waals surface area contributed by atoms with Gasteiger partial charge in [-0.15, -0.1) is 0 Å². The summed E-state index contributed by atoms with van der Waals surface area (Å²) < 4.78 is 28.0. The number of benzene rings is 1. The van der Waals surface area contributed by atoms with Crippen LogP contribution in [0, 0.1) is 5.82 Å². The molecule has 2 N–H and O–H groups in total. The number of hydrogen-bond donors (Lipinski definition) is 2. The van der Waals surface area contributed by atoms with Gasteiger partial charge in [0, 0.05) is 48.7 Å². The van der Waals surface area contributed by atoms with Crippen LogP contribution in [-0.2, 0) is 10.2 Å². The number of nitrogens with one attached hydrogen (secondary N) is 1. The molecular formula is C22H21F2N5O2. The number of nitrogens with zero attached hydrogens (tertiary/aromatic N) is 4. The van der Waals surface area contributed by atoms with Crippen LogP contribution < -0.4 is 10.2 Å². The third-order valence-electron chi connectivity index (χ3n) is 5.59. The molecule has 31 heavy (non-hydrogen) atoms. The molecule has 160 valence electrons. The van der Waals surface area contributed by atoms with Crippen LogP contribution >= 0.6 is 0 Å². The molecule has 1 aliphatic carbocycles. The number of halogens is 2. The van der Waals surface area contributed by atoms with Crippen molar-refractivity contribution in [3.8, 4) is 16.9 Å². The van der Waals surface area contributed by atoms with E-state index in [1.54, 1.807) is 18.2 Å². The Morgan fingerprint density at radius 2 is 1.97 bits per heavy atom. The summed E-state index contributed by atoms with van der Waals surface area (Å²) in [6.45, 7) is 0.242. The van der Waals surface area contributed by atoms with Crippen molar-refractivity contribution in [3.63, 3.8) is 0 Å². The Hall–Kier alpha value is -3.62. The second kappa shape index (κ2) is 8.25. The Morgan fingerprint density at radius 3 is 2.61 bits per heavy atom. The minimum absolute atomic E-state index is 0.0607. The van der Waals surface area contributed by atoms with E-state index in [4.69, 9.17) is 0 Å². The summed E-state index contributed by atoms with van der Waals surface area (Å²) in [4.78, 5) is 24.9. The van der Waals surface area contributed by atoms with E-state index in [0.29, 0.717) is 29.2 Å². The first-order valence-electron chi connectivity index (χ1n) is 9.75. The zero-order valence-corrected chi connectivity index (χ0v) is 16.8. The van der Waals surface area contributed by atoms with Gasteiger partial charge in [0.15, 0.2) is 0 Å². The molecule has 9 heteroatoms. The maximum atomic E-state index is 14.3. The fraction of sp³-hybridized carbons (Fsp3) is 0.273. The number of aromatic nitrogens is 3. The molecule has 4 rings (SSSR count). The first-order chi connectivity index (χ1) is 14.9. The highest BCUT2D eigenvalue weighted by Gasteiger charge is 2.48. The van der Waals surface area contributed by atoms with Gasteiger partial charge in [0.05, 0.1) is 11.4 Å². The molecule has 0 spiro atoms. The number of anilines is 2. The predicted octanol–water partition coefficient (Wildman–Crippen LogP) is 3.46. The monoisotopic (exact) mass is 425 g/mol. The van der Waals surface area contributed by atoms with E-state index in [1.165, 1.54) is 42.7 Å². The number of phenolic OH excluding ortho intramolecular Hbond substituents is 1. The van der Waals surface area contributed by atoms with E-state index < -0.39 is 17.4 Å². The number of alkyl halides is 1. The molecule has 0 aliphatic heterocycles. The van der Waals surface area contributed by atoms with Crippen molar-refractivity contribution in [2.24, 2.45) is 0 Å². The molecule has 0 atom stereocenters. The van der Waals surface area contributed by atoms with Gasteiger partial charge >= 0.3 is 0 Å². The van der Waals surface area contributed by atoms with Crippen molar-refractivity contribution in [1.29, 1.82) is 0 Å². The lowest BCUT2D eigenvalue weighted by atomic mass is 9.65. The molecule has 1 fully saturated rings. The lowest BCUT2D eigenvalue weighted by Gasteiger charge is -2.43. The predicted molar refractivity (Wildman–Crippen MR) is 112 cm³/mol. The number of hydrogen-bond acceptors (Lipinski definition) is 6. The Balaban J connectivity index is 1.52. The van der Waals surface area contributed by atoms with Gasteiger partial charge in [-0.2, -0.15) is 0 Å². The fourth-order valence-electron chi connectivity index (χ4n) is 3.90. The van der Waals surface area contributed by atoms with Crippen LogP contribution in [0.3, 0.4) is 0 Å². The number of amides is 1. The topological polar surface area (TPSA) is 91.2 Å². The van der Waals surface area contributed by atoms with Gasteiger partial charge < -0.3 is 15.3 Å². The average molecular weight is 425 g/mol. The quantitative estimate of drug-likeness (QED) is 0.564. The Bertz CT molecular complexity index is 1090. The molecule has 1 aliphatic rings. The molecule has 1 amide bonds. The van der Waals surface area contributed by atoms with Crippen LogP contribution in [0.25, 0.3) is 11.1 Å². The summed E-state index contributed by atoms with van der Waals surface area (Å²) >= 11 is 0. The SMILES string of the molecule is CN(C=O)c1cccc(-c2cnc(NCC3(c4ncccc4F)CC(F)C3)nc2)c1O. The number of para-hydroxylation sites is 1. The van der Waals surface area contributed by atoms with Crippen molar-refractivity contribution in [3.05, 3.63) is 60.4 Å². The number of carbonyl (C=O) groups is 1. The molecule has 2 heterocycles. The molecule has 7 nitrogen and oxygen atoms in total. The minimum Gasteiger partial charge on any atom is -0.505 e. The first-order valence-corrected chi connectivity index (χ1v) is 9.75. The van der Waals surface area contributed by atoms with Gasteiger partial charge in [-0.25, -0.2) is 18.7 Å². The normalized spacial score (nSPS) is 20.0. The Labute approximate surface area is 177 Å². The van der Waals surface area contributed by atoms with Gasteiger partial charge in [-0.1, -0.05) is 12.1 Å². The van der Waals surface area contributed by atoms with Crippen LogP contribution in [-0.4, -0.2) is 46.2 Å². The van der Waals surface area contributed by atoms with E-state index in [1.807, 2.05) is 0 Å². The van der Waals surface area contributed by atoms with E-state index >= 15 is 0 Å². The van der Waals surface area contributed by atoms with E-state index in [9.17, 15) is 18.7 Å². The molecule has 0 unspecified atom stereocenters.